The molecule has 3 heteroatoms. The van der Waals surface area contributed by atoms with Crippen LogP contribution in [-0.4, -0.2) is 49.7 Å². The fourth-order valence-electron chi connectivity index (χ4n) is 3.68. The smallest absolute Gasteiger partial charge is 0.0271 e. The molecular formula is C17H35N3. The van der Waals surface area contributed by atoms with Gasteiger partial charge in [-0.2, -0.15) is 0 Å². The molecule has 118 valence electrons. The van der Waals surface area contributed by atoms with E-state index in [1.54, 1.807) is 0 Å². The summed E-state index contributed by atoms with van der Waals surface area (Å²) in [4.78, 5) is 2.33. The fraction of sp³-hybridized carbons (Fsp3) is 1.00. The van der Waals surface area contributed by atoms with Crippen molar-refractivity contribution < 1.29 is 0 Å². The van der Waals surface area contributed by atoms with Crippen molar-refractivity contribution in [1.82, 2.24) is 15.5 Å². The van der Waals surface area contributed by atoms with Crippen molar-refractivity contribution in [2.45, 2.75) is 76.4 Å². The highest BCUT2D eigenvalue weighted by Crippen LogP contribution is 2.30. The molecule has 1 saturated heterocycles. The molecule has 1 heterocycles. The monoisotopic (exact) mass is 281 g/mol. The summed E-state index contributed by atoms with van der Waals surface area (Å²) in [5.41, 5.74) is 0.238. The molecular weight excluding hydrogens is 246 g/mol. The first-order valence-electron chi connectivity index (χ1n) is 8.65. The van der Waals surface area contributed by atoms with Crippen LogP contribution >= 0.6 is 0 Å². The SMILES string of the molecule is CN(C)C(C)(C)CNC1CCCCC1C1CCCCN1. The zero-order valence-corrected chi connectivity index (χ0v) is 14.0. The first-order chi connectivity index (χ1) is 9.50. The van der Waals surface area contributed by atoms with Gasteiger partial charge in [0.05, 0.1) is 0 Å². The van der Waals surface area contributed by atoms with Crippen LogP contribution in [0.4, 0.5) is 0 Å². The quantitative estimate of drug-likeness (QED) is 0.811. The third-order valence-electron chi connectivity index (χ3n) is 5.69. The van der Waals surface area contributed by atoms with Crippen LogP contribution in [0.1, 0.15) is 58.8 Å². The minimum Gasteiger partial charge on any atom is -0.314 e. The van der Waals surface area contributed by atoms with Crippen molar-refractivity contribution in [3.05, 3.63) is 0 Å². The van der Waals surface area contributed by atoms with E-state index in [2.05, 4.69) is 43.5 Å². The maximum atomic E-state index is 3.91. The Labute approximate surface area is 125 Å². The van der Waals surface area contributed by atoms with Crippen LogP contribution in [0.5, 0.6) is 0 Å². The van der Waals surface area contributed by atoms with Crippen LogP contribution in [-0.2, 0) is 0 Å². The molecule has 0 amide bonds. The summed E-state index contributed by atoms with van der Waals surface area (Å²) in [7, 11) is 4.37. The fourth-order valence-corrected chi connectivity index (χ4v) is 3.68. The van der Waals surface area contributed by atoms with Crippen LogP contribution in [0.2, 0.25) is 0 Å². The molecule has 3 unspecified atom stereocenters. The molecule has 0 bridgehead atoms. The van der Waals surface area contributed by atoms with E-state index in [0.29, 0.717) is 0 Å². The number of piperidine rings is 1. The molecule has 20 heavy (non-hydrogen) atoms. The topological polar surface area (TPSA) is 27.3 Å². The normalized spacial score (nSPS) is 32.5. The molecule has 3 nitrogen and oxygen atoms in total. The zero-order chi connectivity index (χ0) is 14.6. The third-order valence-corrected chi connectivity index (χ3v) is 5.69. The molecule has 2 aliphatic rings. The summed E-state index contributed by atoms with van der Waals surface area (Å²) in [6.07, 6.45) is 9.80. The first-order valence-corrected chi connectivity index (χ1v) is 8.65. The summed E-state index contributed by atoms with van der Waals surface area (Å²) < 4.78 is 0. The Morgan fingerprint density at radius 1 is 1.05 bits per heavy atom. The molecule has 0 spiro atoms. The molecule has 1 aliphatic carbocycles. The Morgan fingerprint density at radius 2 is 1.75 bits per heavy atom. The number of likely N-dealkylation sites (N-methyl/N-ethyl adjacent to an activating group) is 1. The predicted octanol–water partition coefficient (Wildman–Crippen LogP) is 2.62. The minimum atomic E-state index is 0.238. The average molecular weight is 281 g/mol. The van der Waals surface area contributed by atoms with Gasteiger partial charge in [-0.1, -0.05) is 19.3 Å². The molecule has 0 aromatic rings. The molecule has 2 fully saturated rings. The van der Waals surface area contributed by atoms with Crippen LogP contribution in [0, 0.1) is 5.92 Å². The molecule has 0 aromatic heterocycles. The molecule has 0 aromatic carbocycles. The summed E-state index contributed by atoms with van der Waals surface area (Å²) in [6.45, 7) is 6.98. The van der Waals surface area contributed by atoms with Gasteiger partial charge in [-0.25, -0.2) is 0 Å². The second kappa shape index (κ2) is 7.24. The highest BCUT2D eigenvalue weighted by atomic mass is 15.2. The van der Waals surface area contributed by atoms with Crippen LogP contribution < -0.4 is 10.6 Å². The van der Waals surface area contributed by atoms with Gasteiger partial charge in [0.1, 0.15) is 0 Å². The number of nitrogens with zero attached hydrogens (tertiary/aromatic N) is 1. The average Bonchev–Trinajstić information content (AvgIpc) is 2.46. The Hall–Kier alpha value is -0.120. The largest absolute Gasteiger partial charge is 0.314 e. The maximum absolute atomic E-state index is 3.91. The van der Waals surface area contributed by atoms with Crippen LogP contribution in [0.3, 0.4) is 0 Å². The van der Waals surface area contributed by atoms with Crippen molar-refractivity contribution in [1.29, 1.82) is 0 Å². The van der Waals surface area contributed by atoms with E-state index in [0.717, 1.165) is 24.5 Å². The van der Waals surface area contributed by atoms with Crippen molar-refractivity contribution in [3.8, 4) is 0 Å². The van der Waals surface area contributed by atoms with Crippen molar-refractivity contribution in [2.75, 3.05) is 27.2 Å². The number of nitrogens with one attached hydrogen (secondary N) is 2. The van der Waals surface area contributed by atoms with E-state index in [4.69, 9.17) is 0 Å². The van der Waals surface area contributed by atoms with Crippen LogP contribution in [0.25, 0.3) is 0 Å². The van der Waals surface area contributed by atoms with E-state index in [1.165, 1.54) is 51.5 Å². The summed E-state index contributed by atoms with van der Waals surface area (Å²) >= 11 is 0. The maximum Gasteiger partial charge on any atom is 0.0271 e. The summed E-state index contributed by atoms with van der Waals surface area (Å²) in [5, 5.41) is 7.70. The standard InChI is InChI=1S/C17H35N3/c1-17(2,20(3)4)13-19-16-10-6-5-9-14(16)15-11-7-8-12-18-15/h14-16,18-19H,5-13H2,1-4H3. The Kier molecular flexibility index (Phi) is 5.88. The molecule has 2 rings (SSSR count). The summed E-state index contributed by atoms with van der Waals surface area (Å²) in [6, 6.07) is 1.49. The lowest BCUT2D eigenvalue weighted by atomic mass is 9.77. The lowest BCUT2D eigenvalue weighted by molar-refractivity contribution is 0.143. The van der Waals surface area contributed by atoms with E-state index < -0.39 is 0 Å². The lowest BCUT2D eigenvalue weighted by Gasteiger charge is -2.42. The van der Waals surface area contributed by atoms with Gasteiger partial charge in [-0.05, 0) is 66.1 Å². The molecule has 1 aliphatic heterocycles. The van der Waals surface area contributed by atoms with Gasteiger partial charge in [0.25, 0.3) is 0 Å². The Balaban J connectivity index is 1.89. The van der Waals surface area contributed by atoms with Crippen LogP contribution in [0.15, 0.2) is 0 Å². The molecule has 2 N–H and O–H groups in total. The lowest BCUT2D eigenvalue weighted by Crippen LogP contribution is -2.55. The number of hydrogen-bond acceptors (Lipinski definition) is 3. The Bertz CT molecular complexity index is 282. The minimum absolute atomic E-state index is 0.238. The molecule has 3 atom stereocenters. The highest BCUT2D eigenvalue weighted by Gasteiger charge is 2.33. The molecule has 1 saturated carbocycles. The predicted molar refractivity (Wildman–Crippen MR) is 87.2 cm³/mol. The number of rotatable bonds is 5. The second-order valence-electron chi connectivity index (χ2n) is 7.70. The van der Waals surface area contributed by atoms with Gasteiger partial charge in [0, 0.05) is 24.2 Å². The van der Waals surface area contributed by atoms with Crippen molar-refractivity contribution in [3.63, 3.8) is 0 Å². The number of hydrogen-bond donors (Lipinski definition) is 2. The van der Waals surface area contributed by atoms with E-state index in [-0.39, 0.29) is 5.54 Å². The second-order valence-corrected chi connectivity index (χ2v) is 7.70. The van der Waals surface area contributed by atoms with E-state index in [9.17, 15) is 0 Å². The first kappa shape index (κ1) is 16.3. The van der Waals surface area contributed by atoms with Crippen molar-refractivity contribution in [2.24, 2.45) is 5.92 Å². The van der Waals surface area contributed by atoms with Gasteiger partial charge >= 0.3 is 0 Å². The summed E-state index contributed by atoms with van der Waals surface area (Å²) in [5.74, 6) is 0.849. The van der Waals surface area contributed by atoms with Gasteiger partial charge in [-0.3, -0.25) is 0 Å². The van der Waals surface area contributed by atoms with E-state index in [1.807, 2.05) is 0 Å². The van der Waals surface area contributed by atoms with Gasteiger partial charge in [-0.15, -0.1) is 0 Å². The Morgan fingerprint density at radius 3 is 2.40 bits per heavy atom. The van der Waals surface area contributed by atoms with Crippen molar-refractivity contribution >= 4 is 0 Å². The highest BCUT2D eigenvalue weighted by molar-refractivity contribution is 4.92. The van der Waals surface area contributed by atoms with Gasteiger partial charge in [0.2, 0.25) is 0 Å². The van der Waals surface area contributed by atoms with E-state index >= 15 is 0 Å². The zero-order valence-electron chi connectivity index (χ0n) is 14.0. The van der Waals surface area contributed by atoms with Gasteiger partial charge in [0.15, 0.2) is 0 Å². The van der Waals surface area contributed by atoms with Gasteiger partial charge < -0.3 is 15.5 Å². The third kappa shape index (κ3) is 4.19. The molecule has 0 radical (unpaired) electrons.